The van der Waals surface area contributed by atoms with Crippen LogP contribution in [-0.4, -0.2) is 48.2 Å². The van der Waals surface area contributed by atoms with Gasteiger partial charge in [0.1, 0.15) is 12.1 Å². The summed E-state index contributed by atoms with van der Waals surface area (Å²) in [5.74, 6) is 1.56. The van der Waals surface area contributed by atoms with E-state index >= 15 is 0 Å². The Bertz CT molecular complexity index is 567. The van der Waals surface area contributed by atoms with Crippen LogP contribution in [0, 0.1) is 0 Å². The van der Waals surface area contributed by atoms with Gasteiger partial charge in [-0.3, -0.25) is 4.90 Å². The van der Waals surface area contributed by atoms with E-state index in [0.29, 0.717) is 5.88 Å². The fourth-order valence-electron chi connectivity index (χ4n) is 2.59. The Morgan fingerprint density at radius 1 is 1.05 bits per heavy atom. The minimum atomic E-state index is 0.617. The van der Waals surface area contributed by atoms with Crippen molar-refractivity contribution < 1.29 is 4.74 Å². The summed E-state index contributed by atoms with van der Waals surface area (Å²) in [6.45, 7) is 5.06. The second-order valence-corrected chi connectivity index (χ2v) is 5.17. The fourth-order valence-corrected chi connectivity index (χ4v) is 2.59. The predicted octanol–water partition coefficient (Wildman–Crippen LogP) is 1.81. The van der Waals surface area contributed by atoms with Gasteiger partial charge in [-0.05, 0) is 5.56 Å². The summed E-state index contributed by atoms with van der Waals surface area (Å²) in [6.07, 6.45) is 1.56. The molecule has 0 aliphatic carbocycles. The van der Waals surface area contributed by atoms with Crippen molar-refractivity contribution in [1.29, 1.82) is 0 Å². The van der Waals surface area contributed by atoms with Crippen LogP contribution in [0.15, 0.2) is 42.7 Å². The molecule has 1 fully saturated rings. The molecule has 0 spiro atoms. The number of rotatable bonds is 4. The van der Waals surface area contributed by atoms with Gasteiger partial charge in [0, 0.05) is 38.8 Å². The molecule has 1 aliphatic heterocycles. The Morgan fingerprint density at radius 3 is 2.52 bits per heavy atom. The minimum absolute atomic E-state index is 0.617. The van der Waals surface area contributed by atoms with Crippen molar-refractivity contribution in [1.82, 2.24) is 14.9 Å². The zero-order valence-corrected chi connectivity index (χ0v) is 12.3. The highest BCUT2D eigenvalue weighted by Gasteiger charge is 2.18. The molecular weight excluding hydrogens is 264 g/mol. The van der Waals surface area contributed by atoms with E-state index in [0.717, 1.165) is 38.5 Å². The topological polar surface area (TPSA) is 41.5 Å². The molecule has 110 valence electrons. The van der Waals surface area contributed by atoms with Gasteiger partial charge in [-0.2, -0.15) is 0 Å². The van der Waals surface area contributed by atoms with Gasteiger partial charge in [0.15, 0.2) is 0 Å². The zero-order valence-electron chi connectivity index (χ0n) is 12.3. The first kappa shape index (κ1) is 13.8. The molecule has 0 bridgehead atoms. The first-order valence-electron chi connectivity index (χ1n) is 7.22. The number of piperazine rings is 1. The van der Waals surface area contributed by atoms with Crippen LogP contribution in [0.3, 0.4) is 0 Å². The number of ether oxygens (including phenoxy) is 1. The van der Waals surface area contributed by atoms with Gasteiger partial charge in [-0.1, -0.05) is 30.3 Å². The molecule has 0 saturated carbocycles. The van der Waals surface area contributed by atoms with E-state index in [1.54, 1.807) is 13.4 Å². The SMILES string of the molecule is COc1cc(N2CCN(Cc3ccccc3)CC2)ncn1. The molecule has 0 amide bonds. The number of aromatic nitrogens is 2. The summed E-state index contributed by atoms with van der Waals surface area (Å²) in [5, 5.41) is 0. The lowest BCUT2D eigenvalue weighted by Gasteiger charge is -2.35. The van der Waals surface area contributed by atoms with E-state index in [-0.39, 0.29) is 0 Å². The van der Waals surface area contributed by atoms with Crippen molar-refractivity contribution in [3.8, 4) is 5.88 Å². The summed E-state index contributed by atoms with van der Waals surface area (Å²) >= 11 is 0. The van der Waals surface area contributed by atoms with Crippen molar-refractivity contribution in [2.24, 2.45) is 0 Å². The largest absolute Gasteiger partial charge is 0.481 e. The molecule has 5 heteroatoms. The molecule has 1 aromatic heterocycles. The smallest absolute Gasteiger partial charge is 0.218 e. The normalized spacial score (nSPS) is 16.0. The number of benzene rings is 1. The van der Waals surface area contributed by atoms with E-state index in [1.807, 2.05) is 6.07 Å². The van der Waals surface area contributed by atoms with Crippen LogP contribution < -0.4 is 9.64 Å². The van der Waals surface area contributed by atoms with Crippen LogP contribution in [0.1, 0.15) is 5.56 Å². The van der Waals surface area contributed by atoms with E-state index in [1.165, 1.54) is 5.56 Å². The Morgan fingerprint density at radius 2 is 1.81 bits per heavy atom. The summed E-state index contributed by atoms with van der Waals surface area (Å²) in [7, 11) is 1.63. The molecule has 21 heavy (non-hydrogen) atoms. The molecule has 0 N–H and O–H groups in total. The predicted molar refractivity (Wildman–Crippen MR) is 82.5 cm³/mol. The highest BCUT2D eigenvalue weighted by Crippen LogP contribution is 2.17. The Labute approximate surface area is 125 Å². The quantitative estimate of drug-likeness (QED) is 0.856. The third-order valence-electron chi connectivity index (χ3n) is 3.78. The number of hydrogen-bond donors (Lipinski definition) is 0. The van der Waals surface area contributed by atoms with E-state index in [2.05, 4.69) is 50.1 Å². The molecule has 5 nitrogen and oxygen atoms in total. The zero-order chi connectivity index (χ0) is 14.5. The summed E-state index contributed by atoms with van der Waals surface area (Å²) < 4.78 is 5.16. The number of methoxy groups -OCH3 is 1. The number of hydrogen-bond acceptors (Lipinski definition) is 5. The van der Waals surface area contributed by atoms with Crippen molar-refractivity contribution in [2.75, 3.05) is 38.2 Å². The number of nitrogens with zero attached hydrogens (tertiary/aromatic N) is 4. The highest BCUT2D eigenvalue weighted by molar-refractivity contribution is 5.41. The second kappa shape index (κ2) is 6.54. The van der Waals surface area contributed by atoms with Crippen LogP contribution in [-0.2, 0) is 6.54 Å². The molecule has 3 rings (SSSR count). The summed E-state index contributed by atoms with van der Waals surface area (Å²) in [5.41, 5.74) is 1.37. The monoisotopic (exact) mass is 284 g/mol. The van der Waals surface area contributed by atoms with Gasteiger partial charge in [0.25, 0.3) is 0 Å². The van der Waals surface area contributed by atoms with Gasteiger partial charge < -0.3 is 9.64 Å². The van der Waals surface area contributed by atoms with Crippen LogP contribution >= 0.6 is 0 Å². The molecule has 2 heterocycles. The van der Waals surface area contributed by atoms with E-state index in [4.69, 9.17) is 4.74 Å². The van der Waals surface area contributed by atoms with Crippen LogP contribution in [0.5, 0.6) is 5.88 Å². The van der Waals surface area contributed by atoms with Gasteiger partial charge >= 0.3 is 0 Å². The van der Waals surface area contributed by atoms with Gasteiger partial charge in [-0.25, -0.2) is 9.97 Å². The number of anilines is 1. The molecular formula is C16H20N4O. The third-order valence-corrected chi connectivity index (χ3v) is 3.78. The lowest BCUT2D eigenvalue weighted by atomic mass is 10.2. The van der Waals surface area contributed by atoms with Crippen LogP contribution in [0.25, 0.3) is 0 Å². The van der Waals surface area contributed by atoms with Crippen molar-refractivity contribution in [2.45, 2.75) is 6.54 Å². The minimum Gasteiger partial charge on any atom is -0.481 e. The Hall–Kier alpha value is -2.14. The van der Waals surface area contributed by atoms with Gasteiger partial charge in [0.05, 0.1) is 7.11 Å². The first-order chi connectivity index (χ1) is 10.3. The fraction of sp³-hybridized carbons (Fsp3) is 0.375. The van der Waals surface area contributed by atoms with Crippen LogP contribution in [0.4, 0.5) is 5.82 Å². The van der Waals surface area contributed by atoms with Gasteiger partial charge in [0.2, 0.25) is 5.88 Å². The third kappa shape index (κ3) is 3.49. The Balaban J connectivity index is 1.57. The van der Waals surface area contributed by atoms with Crippen molar-refractivity contribution in [3.63, 3.8) is 0 Å². The molecule has 0 atom stereocenters. The molecule has 0 radical (unpaired) electrons. The van der Waals surface area contributed by atoms with Crippen molar-refractivity contribution in [3.05, 3.63) is 48.3 Å². The molecule has 1 aromatic carbocycles. The average molecular weight is 284 g/mol. The summed E-state index contributed by atoms with van der Waals surface area (Å²) in [6, 6.07) is 12.5. The highest BCUT2D eigenvalue weighted by atomic mass is 16.5. The van der Waals surface area contributed by atoms with Crippen molar-refractivity contribution >= 4 is 5.82 Å². The Kier molecular flexibility index (Phi) is 4.31. The lowest BCUT2D eigenvalue weighted by Crippen LogP contribution is -2.46. The first-order valence-corrected chi connectivity index (χ1v) is 7.22. The summed E-state index contributed by atoms with van der Waals surface area (Å²) in [4.78, 5) is 13.1. The molecule has 2 aromatic rings. The maximum absolute atomic E-state index is 5.16. The average Bonchev–Trinajstić information content (AvgIpc) is 2.56. The standard InChI is InChI=1S/C16H20N4O/c1-21-16-11-15(17-13-18-16)20-9-7-19(8-10-20)12-14-5-3-2-4-6-14/h2-6,11,13H,7-10,12H2,1H3. The maximum Gasteiger partial charge on any atom is 0.218 e. The van der Waals surface area contributed by atoms with E-state index in [9.17, 15) is 0 Å². The maximum atomic E-state index is 5.16. The lowest BCUT2D eigenvalue weighted by molar-refractivity contribution is 0.249. The van der Waals surface area contributed by atoms with E-state index < -0.39 is 0 Å². The molecule has 1 aliphatic rings. The van der Waals surface area contributed by atoms with Crippen LogP contribution in [0.2, 0.25) is 0 Å². The second-order valence-electron chi connectivity index (χ2n) is 5.17. The molecule has 1 saturated heterocycles. The van der Waals surface area contributed by atoms with Gasteiger partial charge in [-0.15, -0.1) is 0 Å². The molecule has 0 unspecified atom stereocenters.